The van der Waals surface area contributed by atoms with E-state index in [4.69, 9.17) is 0 Å². The van der Waals surface area contributed by atoms with Gasteiger partial charge < -0.3 is 5.32 Å². The van der Waals surface area contributed by atoms with Crippen LogP contribution in [0.2, 0.25) is 0 Å². The van der Waals surface area contributed by atoms with Gasteiger partial charge in [0.2, 0.25) is 0 Å². The number of nitrogens with zero attached hydrogens (tertiary/aromatic N) is 1. The molecule has 86 valence electrons. The highest BCUT2D eigenvalue weighted by Gasteiger charge is 2.11. The van der Waals surface area contributed by atoms with Crippen molar-refractivity contribution < 1.29 is 0 Å². The summed E-state index contributed by atoms with van der Waals surface area (Å²) < 4.78 is 1.07. The molecule has 1 N–H and O–H groups in total. The van der Waals surface area contributed by atoms with Crippen LogP contribution in [0.4, 0.5) is 5.69 Å². The molecule has 0 spiro atoms. The molecule has 0 aliphatic heterocycles. The molecule has 3 rings (SSSR count). The Hall–Kier alpha value is -1.35. The summed E-state index contributed by atoms with van der Waals surface area (Å²) in [4.78, 5) is 4.39. The van der Waals surface area contributed by atoms with E-state index < -0.39 is 0 Å². The van der Waals surface area contributed by atoms with Gasteiger partial charge in [0.05, 0.1) is 5.52 Å². The van der Waals surface area contributed by atoms with Crippen LogP contribution in [0, 0.1) is 0 Å². The Balaban J connectivity index is 1.98. The molecule has 0 amide bonds. The van der Waals surface area contributed by atoms with Crippen LogP contribution in [0.1, 0.15) is 12.8 Å². The van der Waals surface area contributed by atoms with Crippen LogP contribution in [0.5, 0.6) is 0 Å². The minimum atomic E-state index is 0.532. The molecule has 1 aromatic carbocycles. The number of halogens is 1. The predicted molar refractivity (Wildman–Crippen MR) is 75.2 cm³/mol. The lowest BCUT2D eigenvalue weighted by atomic mass is 10.1. The van der Waals surface area contributed by atoms with Gasteiger partial charge in [0.15, 0.2) is 0 Å². The average Bonchev–Trinajstić information content (AvgIpc) is 2.82. The van der Waals surface area contributed by atoms with Crippen molar-refractivity contribution in [2.24, 2.45) is 0 Å². The number of anilines is 1. The summed E-state index contributed by atoms with van der Waals surface area (Å²) in [7, 11) is 0. The van der Waals surface area contributed by atoms with Gasteiger partial charge in [0.25, 0.3) is 0 Å². The van der Waals surface area contributed by atoms with Crippen LogP contribution >= 0.6 is 15.9 Å². The van der Waals surface area contributed by atoms with Crippen LogP contribution in [-0.4, -0.2) is 11.0 Å². The zero-order valence-electron chi connectivity index (χ0n) is 9.36. The van der Waals surface area contributed by atoms with Crippen molar-refractivity contribution in [2.75, 3.05) is 5.32 Å². The Morgan fingerprint density at radius 1 is 1.18 bits per heavy atom. The van der Waals surface area contributed by atoms with Crippen molar-refractivity contribution in [3.05, 3.63) is 47.1 Å². The third-order valence-corrected chi connectivity index (χ3v) is 3.57. The van der Waals surface area contributed by atoms with Crippen molar-refractivity contribution in [1.82, 2.24) is 4.98 Å². The van der Waals surface area contributed by atoms with Crippen LogP contribution in [0.15, 0.2) is 47.1 Å². The van der Waals surface area contributed by atoms with Gasteiger partial charge in [0, 0.05) is 27.8 Å². The van der Waals surface area contributed by atoms with Gasteiger partial charge in [-0.15, -0.1) is 0 Å². The summed E-state index contributed by atoms with van der Waals surface area (Å²) in [5.74, 6) is 0. The van der Waals surface area contributed by atoms with Crippen LogP contribution < -0.4 is 5.32 Å². The van der Waals surface area contributed by atoms with Gasteiger partial charge in [-0.05, 0) is 37.1 Å². The average molecular weight is 289 g/mol. The van der Waals surface area contributed by atoms with Crippen molar-refractivity contribution in [2.45, 2.75) is 18.9 Å². The number of pyridine rings is 1. The first-order valence-corrected chi connectivity index (χ1v) is 6.58. The molecule has 3 heteroatoms. The van der Waals surface area contributed by atoms with E-state index in [1.54, 1.807) is 0 Å². The maximum absolute atomic E-state index is 4.39. The Morgan fingerprint density at radius 2 is 2.00 bits per heavy atom. The Kier molecular flexibility index (Phi) is 2.85. The Labute approximate surface area is 109 Å². The van der Waals surface area contributed by atoms with Gasteiger partial charge in [-0.1, -0.05) is 28.1 Å². The molecule has 1 heterocycles. The first kappa shape index (κ1) is 10.8. The van der Waals surface area contributed by atoms with Crippen molar-refractivity contribution in [1.29, 1.82) is 0 Å². The summed E-state index contributed by atoms with van der Waals surface area (Å²) in [6, 6.07) is 8.80. The smallest absolute Gasteiger partial charge is 0.0733 e. The van der Waals surface area contributed by atoms with Crippen LogP contribution in [0.25, 0.3) is 10.9 Å². The molecule has 0 bridgehead atoms. The fourth-order valence-electron chi connectivity index (χ4n) is 2.20. The summed E-state index contributed by atoms with van der Waals surface area (Å²) in [6.45, 7) is 0. The van der Waals surface area contributed by atoms with Gasteiger partial charge >= 0.3 is 0 Å². The molecule has 0 unspecified atom stereocenters. The number of fused-ring (bicyclic) bond motifs is 1. The summed E-state index contributed by atoms with van der Waals surface area (Å²) in [6.07, 6.45) is 8.55. The van der Waals surface area contributed by atoms with Crippen molar-refractivity contribution in [3.63, 3.8) is 0 Å². The van der Waals surface area contributed by atoms with Gasteiger partial charge in [-0.2, -0.15) is 0 Å². The molecule has 0 radical (unpaired) electrons. The first-order valence-electron chi connectivity index (χ1n) is 5.79. The second kappa shape index (κ2) is 4.49. The number of aromatic nitrogens is 1. The fraction of sp³-hybridized carbons (Fsp3) is 0.214. The monoisotopic (exact) mass is 288 g/mol. The normalized spacial score (nSPS) is 15.6. The lowest BCUT2D eigenvalue weighted by Gasteiger charge is -2.15. The second-order valence-corrected chi connectivity index (χ2v) is 5.22. The molecular weight excluding hydrogens is 276 g/mol. The molecule has 0 fully saturated rings. The Morgan fingerprint density at radius 3 is 2.82 bits per heavy atom. The van der Waals surface area contributed by atoms with Gasteiger partial charge in [-0.3, -0.25) is 4.98 Å². The molecule has 0 atom stereocenters. The molecule has 1 aliphatic carbocycles. The van der Waals surface area contributed by atoms with E-state index in [1.165, 1.54) is 11.1 Å². The molecule has 1 aliphatic rings. The van der Waals surface area contributed by atoms with Gasteiger partial charge in [0.1, 0.15) is 0 Å². The SMILES string of the molecule is Brc1ccc2c(NC3CC=CC3)ccnc2c1. The van der Waals surface area contributed by atoms with E-state index in [9.17, 15) is 0 Å². The third-order valence-electron chi connectivity index (χ3n) is 3.07. The van der Waals surface area contributed by atoms with Crippen LogP contribution in [0.3, 0.4) is 0 Å². The van der Waals surface area contributed by atoms with E-state index in [-0.39, 0.29) is 0 Å². The molecule has 1 aromatic heterocycles. The third kappa shape index (κ3) is 2.20. The van der Waals surface area contributed by atoms with Crippen molar-refractivity contribution in [3.8, 4) is 0 Å². The topological polar surface area (TPSA) is 24.9 Å². The number of nitrogens with one attached hydrogen (secondary N) is 1. The van der Waals surface area contributed by atoms with E-state index in [0.29, 0.717) is 6.04 Å². The van der Waals surface area contributed by atoms with E-state index in [1.807, 2.05) is 12.3 Å². The lowest BCUT2D eigenvalue weighted by Crippen LogP contribution is -2.15. The fourth-order valence-corrected chi connectivity index (χ4v) is 2.55. The quantitative estimate of drug-likeness (QED) is 0.841. The summed E-state index contributed by atoms with van der Waals surface area (Å²) in [5, 5.41) is 4.77. The van der Waals surface area contributed by atoms with Crippen molar-refractivity contribution >= 4 is 32.5 Å². The van der Waals surface area contributed by atoms with Gasteiger partial charge in [-0.25, -0.2) is 0 Å². The maximum Gasteiger partial charge on any atom is 0.0733 e. The molecule has 2 aromatic rings. The second-order valence-electron chi connectivity index (χ2n) is 4.30. The zero-order chi connectivity index (χ0) is 11.7. The highest BCUT2D eigenvalue weighted by Crippen LogP contribution is 2.26. The summed E-state index contributed by atoms with van der Waals surface area (Å²) >= 11 is 3.47. The van der Waals surface area contributed by atoms with E-state index >= 15 is 0 Å². The predicted octanol–water partition coefficient (Wildman–Crippen LogP) is 4.13. The number of benzene rings is 1. The minimum Gasteiger partial charge on any atom is -0.381 e. The molecule has 17 heavy (non-hydrogen) atoms. The standard InChI is InChI=1S/C14H13BrN2/c15-10-5-6-12-13(7-8-16-14(12)9-10)17-11-3-1-2-4-11/h1-2,5-9,11H,3-4H2,(H,16,17). The zero-order valence-corrected chi connectivity index (χ0v) is 10.9. The van der Waals surface area contributed by atoms with E-state index in [0.717, 1.165) is 22.8 Å². The number of hydrogen-bond acceptors (Lipinski definition) is 2. The largest absolute Gasteiger partial charge is 0.381 e. The number of hydrogen-bond donors (Lipinski definition) is 1. The minimum absolute atomic E-state index is 0.532. The molecular formula is C14H13BrN2. The van der Waals surface area contributed by atoms with Crippen LogP contribution in [-0.2, 0) is 0 Å². The molecule has 2 nitrogen and oxygen atoms in total. The van der Waals surface area contributed by atoms with E-state index in [2.05, 4.69) is 56.6 Å². The highest BCUT2D eigenvalue weighted by molar-refractivity contribution is 9.10. The molecule has 0 saturated carbocycles. The molecule has 0 saturated heterocycles. The maximum atomic E-state index is 4.39. The Bertz CT molecular complexity index is 569. The number of rotatable bonds is 2. The summed E-state index contributed by atoms with van der Waals surface area (Å²) in [5.41, 5.74) is 2.20. The highest BCUT2D eigenvalue weighted by atomic mass is 79.9. The first-order chi connectivity index (χ1) is 8.33. The lowest BCUT2D eigenvalue weighted by molar-refractivity contribution is 0.788.